The number of carbonyl (C=O) groups excluding carboxylic acids is 1. The Kier molecular flexibility index (Phi) is 5.65. The highest BCUT2D eigenvalue weighted by atomic mass is 32.2. The molecule has 8 heteroatoms. The maximum atomic E-state index is 13.4. The van der Waals surface area contributed by atoms with Crippen molar-refractivity contribution < 1.29 is 4.79 Å². The summed E-state index contributed by atoms with van der Waals surface area (Å²) in [5, 5.41) is 10.4. The van der Waals surface area contributed by atoms with Gasteiger partial charge in [0.05, 0.1) is 45.6 Å². The largest absolute Gasteiger partial charge is 0.329 e. The van der Waals surface area contributed by atoms with E-state index in [1.165, 1.54) is 0 Å². The van der Waals surface area contributed by atoms with E-state index in [0.717, 1.165) is 33.1 Å². The fourth-order valence-corrected chi connectivity index (χ4v) is 4.55. The third kappa shape index (κ3) is 3.98. The molecule has 35 heavy (non-hydrogen) atoms. The second-order valence-corrected chi connectivity index (χ2v) is 9.87. The van der Waals surface area contributed by atoms with Gasteiger partial charge in [0.15, 0.2) is 0 Å². The van der Waals surface area contributed by atoms with Crippen molar-refractivity contribution in [2.45, 2.75) is 30.8 Å². The number of aromatic nitrogens is 3. The summed E-state index contributed by atoms with van der Waals surface area (Å²) in [7, 11) is 1.78. The molecule has 7 nitrogen and oxygen atoms in total. The van der Waals surface area contributed by atoms with Gasteiger partial charge in [-0.2, -0.15) is 5.26 Å². The van der Waals surface area contributed by atoms with E-state index in [1.54, 1.807) is 28.6 Å². The number of pyridine rings is 3. The number of carbonyl (C=O) groups is 1. The summed E-state index contributed by atoms with van der Waals surface area (Å²) >= 11 is 1.59. The fourth-order valence-electron chi connectivity index (χ4n) is 4.19. The van der Waals surface area contributed by atoms with Crippen LogP contribution < -0.4 is 4.90 Å². The normalized spacial score (nSPS) is 13.6. The first-order chi connectivity index (χ1) is 16.8. The number of hydrogen-bond donors (Lipinski definition) is 0. The van der Waals surface area contributed by atoms with Gasteiger partial charge >= 0.3 is 6.03 Å². The molecule has 4 heterocycles. The number of nitriles is 1. The van der Waals surface area contributed by atoms with Crippen LogP contribution in [0.15, 0.2) is 66.0 Å². The molecule has 3 aromatic heterocycles. The lowest BCUT2D eigenvalue weighted by Gasteiger charge is -2.35. The molecule has 0 aliphatic carbocycles. The Morgan fingerprint density at radius 2 is 1.80 bits per heavy atom. The molecule has 0 spiro atoms. The van der Waals surface area contributed by atoms with Crippen LogP contribution in [0.1, 0.15) is 25.0 Å². The van der Waals surface area contributed by atoms with Crippen molar-refractivity contribution in [3.05, 3.63) is 72.1 Å². The molecule has 2 amide bonds. The van der Waals surface area contributed by atoms with Crippen molar-refractivity contribution in [2.24, 2.45) is 0 Å². The molecule has 0 saturated carbocycles. The first kappa shape index (κ1) is 22.8. The summed E-state index contributed by atoms with van der Waals surface area (Å²) in [5.41, 5.74) is 5.69. The monoisotopic (exact) mass is 480 g/mol. The summed E-state index contributed by atoms with van der Waals surface area (Å²) in [4.78, 5) is 30.8. The Bertz CT molecular complexity index is 1480. The minimum Gasteiger partial charge on any atom is -0.323 e. The molecule has 1 aliphatic heterocycles. The van der Waals surface area contributed by atoms with Crippen LogP contribution in [-0.2, 0) is 12.0 Å². The quantitative estimate of drug-likeness (QED) is 0.337. The van der Waals surface area contributed by atoms with Gasteiger partial charge in [-0.25, -0.2) is 14.8 Å². The zero-order valence-electron chi connectivity index (χ0n) is 20.0. The van der Waals surface area contributed by atoms with Crippen LogP contribution in [0.3, 0.4) is 0 Å². The predicted molar refractivity (Wildman–Crippen MR) is 139 cm³/mol. The van der Waals surface area contributed by atoms with Crippen LogP contribution in [0, 0.1) is 11.3 Å². The average molecular weight is 481 g/mol. The van der Waals surface area contributed by atoms with Crippen LogP contribution in [0.2, 0.25) is 0 Å². The molecule has 0 radical (unpaired) electrons. The van der Waals surface area contributed by atoms with Gasteiger partial charge in [0.1, 0.15) is 5.52 Å². The van der Waals surface area contributed by atoms with Crippen LogP contribution >= 0.6 is 11.8 Å². The Hall–Kier alpha value is -3.96. The summed E-state index contributed by atoms with van der Waals surface area (Å²) < 4.78 is 0. The zero-order valence-corrected chi connectivity index (χ0v) is 20.8. The number of urea groups is 1. The van der Waals surface area contributed by atoms with Gasteiger partial charge < -0.3 is 4.90 Å². The van der Waals surface area contributed by atoms with Gasteiger partial charge in [0, 0.05) is 30.6 Å². The van der Waals surface area contributed by atoms with Crippen LogP contribution in [0.4, 0.5) is 16.2 Å². The van der Waals surface area contributed by atoms with E-state index >= 15 is 0 Å². The Balaban J connectivity index is 1.67. The summed E-state index contributed by atoms with van der Waals surface area (Å²) in [6.07, 6.45) is 5.62. The number of nitrogens with zero attached hydrogens (tertiary/aromatic N) is 6. The molecule has 0 atom stereocenters. The lowest BCUT2D eigenvalue weighted by molar-refractivity contribution is 0.213. The van der Waals surface area contributed by atoms with E-state index in [2.05, 4.69) is 16.0 Å². The third-order valence-corrected chi connectivity index (χ3v) is 6.94. The van der Waals surface area contributed by atoms with Gasteiger partial charge in [0.25, 0.3) is 0 Å². The van der Waals surface area contributed by atoms with Crippen molar-refractivity contribution >= 4 is 40.2 Å². The molecule has 1 aliphatic rings. The van der Waals surface area contributed by atoms with Crippen LogP contribution in [-0.4, -0.2) is 39.2 Å². The minimum atomic E-state index is -0.619. The molecule has 4 aromatic rings. The lowest BCUT2D eigenvalue weighted by Crippen LogP contribution is -2.42. The van der Waals surface area contributed by atoms with Crippen LogP contribution in [0.25, 0.3) is 22.3 Å². The van der Waals surface area contributed by atoms with E-state index in [4.69, 9.17) is 4.98 Å². The number of fused-ring (bicyclic) bond motifs is 3. The molecule has 0 fully saturated rings. The zero-order chi connectivity index (χ0) is 24.7. The summed E-state index contributed by atoms with van der Waals surface area (Å²) in [5.74, 6) is 0. The van der Waals surface area contributed by atoms with E-state index in [0.29, 0.717) is 23.3 Å². The molecule has 0 N–H and O–H groups in total. The summed E-state index contributed by atoms with van der Waals surface area (Å²) in [6, 6.07) is 17.6. The standard InChI is InChI=1S/C27H24N6OS/c1-27(2,16-28)19-6-8-20(9-7-19)33-25-18(15-32(3)26(33)34)14-29-22-11-10-21(31-24(22)25)17-5-12-23(35-4)30-13-17/h5-14H,15H2,1-4H3. The molecule has 174 valence electrons. The lowest BCUT2D eigenvalue weighted by atomic mass is 9.86. The van der Waals surface area contributed by atoms with Gasteiger partial charge in [-0.05, 0) is 62.1 Å². The van der Waals surface area contributed by atoms with Crippen molar-refractivity contribution in [3.8, 4) is 17.3 Å². The third-order valence-electron chi connectivity index (χ3n) is 6.28. The summed E-state index contributed by atoms with van der Waals surface area (Å²) in [6.45, 7) is 4.20. The molecule has 0 saturated heterocycles. The molecular formula is C27H24N6OS. The maximum absolute atomic E-state index is 13.4. The fraction of sp³-hybridized carbons (Fsp3) is 0.222. The number of hydrogen-bond acceptors (Lipinski definition) is 6. The Labute approximate surface area is 208 Å². The molecular weight excluding hydrogens is 456 g/mol. The van der Waals surface area contributed by atoms with Crippen LogP contribution in [0.5, 0.6) is 0 Å². The Morgan fingerprint density at radius 1 is 1.03 bits per heavy atom. The predicted octanol–water partition coefficient (Wildman–Crippen LogP) is 5.92. The number of amides is 2. The van der Waals surface area contributed by atoms with Gasteiger partial charge in [0.2, 0.25) is 0 Å². The Morgan fingerprint density at radius 3 is 2.46 bits per heavy atom. The minimum absolute atomic E-state index is 0.143. The number of anilines is 2. The highest BCUT2D eigenvalue weighted by Crippen LogP contribution is 2.39. The van der Waals surface area contributed by atoms with Gasteiger partial charge in [-0.15, -0.1) is 11.8 Å². The number of rotatable bonds is 4. The first-order valence-electron chi connectivity index (χ1n) is 11.2. The smallest absolute Gasteiger partial charge is 0.323 e. The van der Waals surface area contributed by atoms with E-state index in [9.17, 15) is 10.1 Å². The molecule has 0 unspecified atom stereocenters. The molecule has 5 rings (SSSR count). The van der Waals surface area contributed by atoms with E-state index in [-0.39, 0.29) is 6.03 Å². The second kappa shape index (κ2) is 8.67. The molecule has 1 aromatic carbocycles. The number of benzene rings is 1. The van der Waals surface area contributed by atoms with Crippen molar-refractivity contribution in [2.75, 3.05) is 18.2 Å². The SMILES string of the molecule is CSc1ccc(-c2ccc3ncc4c(c3n2)N(c2ccc(C(C)(C)C#N)cc2)C(=O)N(C)C4)cn1. The van der Waals surface area contributed by atoms with Crippen molar-refractivity contribution in [1.29, 1.82) is 5.26 Å². The second-order valence-electron chi connectivity index (χ2n) is 9.04. The highest BCUT2D eigenvalue weighted by molar-refractivity contribution is 7.98. The van der Waals surface area contributed by atoms with Gasteiger partial charge in [-0.1, -0.05) is 12.1 Å². The van der Waals surface area contributed by atoms with Crippen molar-refractivity contribution in [1.82, 2.24) is 19.9 Å². The number of thioether (sulfide) groups is 1. The topological polar surface area (TPSA) is 86.0 Å². The average Bonchev–Trinajstić information content (AvgIpc) is 2.89. The maximum Gasteiger partial charge on any atom is 0.329 e. The van der Waals surface area contributed by atoms with Crippen molar-refractivity contribution in [3.63, 3.8) is 0 Å². The molecule has 0 bridgehead atoms. The van der Waals surface area contributed by atoms with Gasteiger partial charge in [-0.3, -0.25) is 9.88 Å². The van der Waals surface area contributed by atoms with E-state index in [1.807, 2.05) is 81.0 Å². The first-order valence-corrected chi connectivity index (χ1v) is 12.4. The van der Waals surface area contributed by atoms with E-state index < -0.39 is 5.41 Å². The highest BCUT2D eigenvalue weighted by Gasteiger charge is 2.32.